The van der Waals surface area contributed by atoms with Gasteiger partial charge in [-0.1, -0.05) is 24.3 Å². The number of ether oxygens (including phenoxy) is 1. The van der Waals surface area contributed by atoms with Crippen molar-refractivity contribution in [3.8, 4) is 17.1 Å². The molecule has 5 nitrogen and oxygen atoms in total. The molecule has 0 unspecified atom stereocenters. The van der Waals surface area contributed by atoms with E-state index in [1.54, 1.807) is 12.3 Å². The summed E-state index contributed by atoms with van der Waals surface area (Å²) < 4.78 is 5.62. The van der Waals surface area contributed by atoms with Crippen molar-refractivity contribution in [1.29, 1.82) is 0 Å². The first-order chi connectivity index (χ1) is 10.1. The molecule has 0 atom stereocenters. The van der Waals surface area contributed by atoms with Crippen molar-refractivity contribution in [2.24, 2.45) is 0 Å². The minimum absolute atomic E-state index is 0.0257. The molecule has 0 bridgehead atoms. The maximum absolute atomic E-state index is 5.79. The lowest BCUT2D eigenvalue weighted by Gasteiger charge is -2.11. The van der Waals surface area contributed by atoms with Gasteiger partial charge in [0.05, 0.1) is 17.3 Å². The number of rotatable bonds is 3. The Balaban J connectivity index is 2.16. The van der Waals surface area contributed by atoms with E-state index in [1.807, 2.05) is 44.2 Å². The fraction of sp³-hybridized carbons (Fsp3) is 0.188. The highest BCUT2D eigenvalue weighted by molar-refractivity contribution is 5.92. The Hall–Kier alpha value is -2.69. The Morgan fingerprint density at radius 1 is 1.10 bits per heavy atom. The molecule has 0 aliphatic rings. The maximum Gasteiger partial charge on any atom is 0.223 e. The van der Waals surface area contributed by atoms with Gasteiger partial charge in [-0.3, -0.25) is 4.98 Å². The van der Waals surface area contributed by atoms with Gasteiger partial charge in [0.1, 0.15) is 0 Å². The largest absolute Gasteiger partial charge is 0.475 e. The molecule has 2 N–H and O–H groups in total. The highest BCUT2D eigenvalue weighted by atomic mass is 16.5. The molecule has 2 aromatic heterocycles. The molecule has 0 saturated heterocycles. The number of para-hydroxylation sites is 1. The number of fused-ring (bicyclic) bond motifs is 1. The zero-order valence-electron chi connectivity index (χ0n) is 11.9. The van der Waals surface area contributed by atoms with Gasteiger partial charge in [-0.2, -0.15) is 4.98 Å². The van der Waals surface area contributed by atoms with E-state index < -0.39 is 0 Å². The summed E-state index contributed by atoms with van der Waals surface area (Å²) in [6.45, 7) is 3.88. The summed E-state index contributed by atoms with van der Waals surface area (Å²) in [6.07, 6.45) is 1.79. The van der Waals surface area contributed by atoms with Crippen molar-refractivity contribution in [3.63, 3.8) is 0 Å². The van der Waals surface area contributed by atoms with Crippen molar-refractivity contribution in [2.75, 3.05) is 5.73 Å². The molecule has 1 aromatic carbocycles. The zero-order valence-corrected chi connectivity index (χ0v) is 11.9. The van der Waals surface area contributed by atoms with Crippen LogP contribution in [0, 0.1) is 0 Å². The molecular weight excluding hydrogens is 264 g/mol. The Kier molecular flexibility index (Phi) is 3.39. The van der Waals surface area contributed by atoms with Gasteiger partial charge in [0.25, 0.3) is 0 Å². The second-order valence-corrected chi connectivity index (χ2v) is 5.00. The number of hydrogen-bond donors (Lipinski definition) is 1. The highest BCUT2D eigenvalue weighted by Crippen LogP contribution is 2.28. The molecule has 21 heavy (non-hydrogen) atoms. The fourth-order valence-corrected chi connectivity index (χ4v) is 2.19. The average Bonchev–Trinajstić information content (AvgIpc) is 2.45. The quantitative estimate of drug-likeness (QED) is 0.798. The summed E-state index contributed by atoms with van der Waals surface area (Å²) in [4.78, 5) is 12.8. The van der Waals surface area contributed by atoms with Gasteiger partial charge < -0.3 is 10.5 Å². The molecular formula is C16H16N4O. The van der Waals surface area contributed by atoms with E-state index in [0.29, 0.717) is 11.6 Å². The number of anilines is 1. The first-order valence-corrected chi connectivity index (χ1v) is 6.79. The lowest BCUT2D eigenvalue weighted by atomic mass is 10.1. The summed E-state index contributed by atoms with van der Waals surface area (Å²) in [6, 6.07) is 11.7. The number of aromatic nitrogens is 3. The first-order valence-electron chi connectivity index (χ1n) is 6.79. The number of benzene rings is 1. The van der Waals surface area contributed by atoms with Gasteiger partial charge in [-0.25, -0.2) is 4.98 Å². The van der Waals surface area contributed by atoms with Gasteiger partial charge in [-0.15, -0.1) is 0 Å². The molecule has 106 valence electrons. The van der Waals surface area contributed by atoms with E-state index in [0.717, 1.165) is 16.5 Å². The van der Waals surface area contributed by atoms with Crippen LogP contribution in [-0.4, -0.2) is 21.1 Å². The van der Waals surface area contributed by atoms with Gasteiger partial charge in [-0.05, 0) is 19.9 Å². The molecule has 0 spiro atoms. The molecule has 0 amide bonds. The summed E-state index contributed by atoms with van der Waals surface area (Å²) in [5.41, 5.74) is 8.30. The van der Waals surface area contributed by atoms with E-state index >= 15 is 0 Å². The van der Waals surface area contributed by atoms with E-state index in [1.165, 1.54) is 0 Å². The number of nitrogens with zero attached hydrogens (tertiary/aromatic N) is 3. The van der Waals surface area contributed by atoms with Crippen LogP contribution in [0.25, 0.3) is 22.2 Å². The summed E-state index contributed by atoms with van der Waals surface area (Å²) in [7, 11) is 0. The molecule has 0 radical (unpaired) electrons. The third-order valence-corrected chi connectivity index (χ3v) is 2.99. The van der Waals surface area contributed by atoms with Crippen LogP contribution in [0.4, 0.5) is 5.95 Å². The van der Waals surface area contributed by atoms with Crippen molar-refractivity contribution in [3.05, 3.63) is 42.6 Å². The number of nitrogen functional groups attached to an aromatic ring is 1. The maximum atomic E-state index is 5.79. The predicted octanol–water partition coefficient (Wildman–Crippen LogP) is 3.06. The normalized spacial score (nSPS) is 11.0. The van der Waals surface area contributed by atoms with Crippen LogP contribution >= 0.6 is 0 Å². The SMILES string of the molecule is CC(C)Oc1cc(-c2cccc3cccnc23)nc(N)n1. The van der Waals surface area contributed by atoms with E-state index in [9.17, 15) is 0 Å². The Labute approximate surface area is 122 Å². The molecule has 0 saturated carbocycles. The van der Waals surface area contributed by atoms with Crippen molar-refractivity contribution in [2.45, 2.75) is 20.0 Å². The highest BCUT2D eigenvalue weighted by Gasteiger charge is 2.10. The summed E-state index contributed by atoms with van der Waals surface area (Å²) >= 11 is 0. The Morgan fingerprint density at radius 3 is 2.71 bits per heavy atom. The second-order valence-electron chi connectivity index (χ2n) is 5.00. The Morgan fingerprint density at radius 2 is 1.90 bits per heavy atom. The summed E-state index contributed by atoms with van der Waals surface area (Å²) in [5, 5.41) is 1.05. The number of pyridine rings is 1. The van der Waals surface area contributed by atoms with Gasteiger partial charge >= 0.3 is 0 Å². The van der Waals surface area contributed by atoms with Crippen molar-refractivity contribution in [1.82, 2.24) is 15.0 Å². The monoisotopic (exact) mass is 280 g/mol. The van der Waals surface area contributed by atoms with Crippen LogP contribution in [0.2, 0.25) is 0 Å². The second kappa shape index (κ2) is 5.36. The van der Waals surface area contributed by atoms with Crippen LogP contribution in [0.1, 0.15) is 13.8 Å². The third kappa shape index (κ3) is 2.76. The topological polar surface area (TPSA) is 73.9 Å². The molecule has 0 fully saturated rings. The molecule has 0 aliphatic heterocycles. The van der Waals surface area contributed by atoms with E-state index in [4.69, 9.17) is 10.5 Å². The van der Waals surface area contributed by atoms with Crippen molar-refractivity contribution < 1.29 is 4.74 Å². The zero-order chi connectivity index (χ0) is 14.8. The molecule has 2 heterocycles. The standard InChI is InChI=1S/C16H16N4O/c1-10(2)21-14-9-13(19-16(17)20-14)12-7-3-5-11-6-4-8-18-15(11)12/h3-10H,1-2H3,(H2,17,19,20). The van der Waals surface area contributed by atoms with Gasteiger partial charge in [0.15, 0.2) is 0 Å². The number of nitrogens with two attached hydrogens (primary N) is 1. The van der Waals surface area contributed by atoms with Crippen LogP contribution in [-0.2, 0) is 0 Å². The fourth-order valence-electron chi connectivity index (χ4n) is 2.19. The van der Waals surface area contributed by atoms with Crippen molar-refractivity contribution >= 4 is 16.9 Å². The van der Waals surface area contributed by atoms with E-state index in [2.05, 4.69) is 15.0 Å². The minimum atomic E-state index is 0.0257. The third-order valence-electron chi connectivity index (χ3n) is 2.99. The molecule has 0 aliphatic carbocycles. The van der Waals surface area contributed by atoms with E-state index in [-0.39, 0.29) is 12.1 Å². The van der Waals surface area contributed by atoms with Crippen LogP contribution < -0.4 is 10.5 Å². The van der Waals surface area contributed by atoms with Crippen LogP contribution in [0.3, 0.4) is 0 Å². The van der Waals surface area contributed by atoms with Gasteiger partial charge in [0, 0.05) is 23.2 Å². The van der Waals surface area contributed by atoms with Crippen LogP contribution in [0.15, 0.2) is 42.6 Å². The lowest BCUT2D eigenvalue weighted by Crippen LogP contribution is -2.09. The summed E-state index contributed by atoms with van der Waals surface area (Å²) in [5.74, 6) is 0.663. The smallest absolute Gasteiger partial charge is 0.223 e. The first kappa shape index (κ1) is 13.3. The lowest BCUT2D eigenvalue weighted by molar-refractivity contribution is 0.233. The predicted molar refractivity (Wildman–Crippen MR) is 82.9 cm³/mol. The molecule has 3 aromatic rings. The number of hydrogen-bond acceptors (Lipinski definition) is 5. The Bertz CT molecular complexity index is 781. The average molecular weight is 280 g/mol. The van der Waals surface area contributed by atoms with Gasteiger partial charge in [0.2, 0.25) is 11.8 Å². The van der Waals surface area contributed by atoms with Crippen LogP contribution in [0.5, 0.6) is 5.88 Å². The molecule has 5 heteroatoms. The molecule has 3 rings (SSSR count). The minimum Gasteiger partial charge on any atom is -0.475 e.